The van der Waals surface area contributed by atoms with Gasteiger partial charge in [-0.1, -0.05) is 36.4 Å². The van der Waals surface area contributed by atoms with Crippen molar-refractivity contribution in [2.75, 3.05) is 10.0 Å². The van der Waals surface area contributed by atoms with Crippen LogP contribution >= 0.6 is 11.3 Å². The zero-order valence-corrected chi connectivity index (χ0v) is 16.0. The Morgan fingerprint density at radius 3 is 2.19 bits per heavy atom. The Balaban J connectivity index is 1.81. The minimum Gasteiger partial charge on any atom is -0.337 e. The molecule has 0 unspecified atom stereocenters. The molecule has 6 nitrogen and oxygen atoms in total. The maximum atomic E-state index is 12.7. The number of aryl methyl sites for hydroxylation is 1. The third kappa shape index (κ3) is 3.62. The van der Waals surface area contributed by atoms with E-state index in [4.69, 9.17) is 0 Å². The zero-order chi connectivity index (χ0) is 18.9. The number of nitrogens with one attached hydrogen (secondary N) is 2. The highest BCUT2D eigenvalue weighted by Gasteiger charge is 2.20. The first-order valence-corrected chi connectivity index (χ1v) is 10.5. The topological polar surface area (TPSA) is 84.0 Å². The van der Waals surface area contributed by atoms with Crippen LogP contribution in [-0.2, 0) is 10.0 Å². The van der Waals surface area contributed by atoms with Crippen LogP contribution in [0.5, 0.6) is 0 Å². The number of anilines is 3. The molecular formula is C19H16N4O2S2. The third-order valence-electron chi connectivity index (χ3n) is 3.96. The van der Waals surface area contributed by atoms with Gasteiger partial charge in [0.1, 0.15) is 4.21 Å². The lowest BCUT2D eigenvalue weighted by molar-refractivity contribution is 0.603. The molecule has 0 atom stereocenters. The highest BCUT2D eigenvalue weighted by Crippen LogP contribution is 2.29. The molecular weight excluding hydrogens is 380 g/mol. The van der Waals surface area contributed by atoms with E-state index < -0.39 is 10.0 Å². The van der Waals surface area contributed by atoms with Crippen molar-refractivity contribution in [1.82, 2.24) is 9.97 Å². The Hall–Kier alpha value is -2.97. The predicted molar refractivity (Wildman–Crippen MR) is 109 cm³/mol. The van der Waals surface area contributed by atoms with Gasteiger partial charge in [-0.15, -0.1) is 11.3 Å². The van der Waals surface area contributed by atoms with Crippen LogP contribution in [0.3, 0.4) is 0 Å². The lowest BCUT2D eigenvalue weighted by atomic mass is 10.2. The van der Waals surface area contributed by atoms with Gasteiger partial charge in [-0.25, -0.2) is 18.4 Å². The Labute approximate surface area is 161 Å². The van der Waals surface area contributed by atoms with Crippen LogP contribution in [-0.4, -0.2) is 18.4 Å². The summed E-state index contributed by atoms with van der Waals surface area (Å²) in [6, 6.07) is 18.3. The Morgan fingerprint density at radius 1 is 0.852 bits per heavy atom. The number of hydrogen-bond acceptors (Lipinski definition) is 6. The number of rotatable bonds is 5. The summed E-state index contributed by atoms with van der Waals surface area (Å²) in [5.41, 5.74) is 3.13. The number of hydrogen-bond donors (Lipinski definition) is 2. The molecule has 0 aliphatic rings. The first-order valence-electron chi connectivity index (χ1n) is 8.19. The number of para-hydroxylation sites is 3. The van der Waals surface area contributed by atoms with Crippen molar-refractivity contribution in [3.05, 3.63) is 71.6 Å². The number of aromatic nitrogens is 2. The number of nitrogens with zero attached hydrogens (tertiary/aromatic N) is 2. The average Bonchev–Trinajstić information content (AvgIpc) is 3.19. The van der Waals surface area contributed by atoms with Gasteiger partial charge in [0.05, 0.1) is 11.0 Å². The van der Waals surface area contributed by atoms with Gasteiger partial charge in [0.25, 0.3) is 10.0 Å². The van der Waals surface area contributed by atoms with Gasteiger partial charge >= 0.3 is 0 Å². The third-order valence-corrected chi connectivity index (χ3v) is 6.70. The van der Waals surface area contributed by atoms with Gasteiger partial charge in [-0.2, -0.15) is 0 Å². The fourth-order valence-corrected chi connectivity index (χ4v) is 4.59. The van der Waals surface area contributed by atoms with Gasteiger partial charge in [0.2, 0.25) is 0 Å². The van der Waals surface area contributed by atoms with Gasteiger partial charge in [0.15, 0.2) is 11.6 Å². The van der Waals surface area contributed by atoms with Crippen LogP contribution in [0.15, 0.2) is 70.3 Å². The molecule has 2 heterocycles. The lowest BCUT2D eigenvalue weighted by Gasteiger charge is -2.14. The summed E-state index contributed by atoms with van der Waals surface area (Å²) < 4.78 is 28.1. The summed E-state index contributed by atoms with van der Waals surface area (Å²) in [4.78, 5) is 9.07. The first kappa shape index (κ1) is 17.4. The van der Waals surface area contributed by atoms with Crippen molar-refractivity contribution in [2.45, 2.75) is 11.1 Å². The molecule has 0 aliphatic heterocycles. The van der Waals surface area contributed by atoms with E-state index in [-0.39, 0.29) is 10.0 Å². The molecule has 2 aromatic heterocycles. The largest absolute Gasteiger partial charge is 0.337 e. The Bertz CT molecular complexity index is 1210. The second-order valence-corrected chi connectivity index (χ2v) is 8.74. The van der Waals surface area contributed by atoms with E-state index in [9.17, 15) is 8.42 Å². The maximum absolute atomic E-state index is 12.7. The van der Waals surface area contributed by atoms with Crippen LogP contribution < -0.4 is 10.0 Å². The van der Waals surface area contributed by atoms with E-state index in [2.05, 4.69) is 20.0 Å². The van der Waals surface area contributed by atoms with E-state index in [0.717, 1.165) is 22.6 Å². The molecule has 27 heavy (non-hydrogen) atoms. The van der Waals surface area contributed by atoms with Crippen molar-refractivity contribution in [3.8, 4) is 0 Å². The van der Waals surface area contributed by atoms with Crippen molar-refractivity contribution in [3.63, 3.8) is 0 Å². The molecule has 2 N–H and O–H groups in total. The first-order chi connectivity index (χ1) is 13.0. The highest BCUT2D eigenvalue weighted by molar-refractivity contribution is 7.94. The van der Waals surface area contributed by atoms with E-state index in [0.29, 0.717) is 16.9 Å². The molecule has 0 bridgehead atoms. The predicted octanol–water partition coefficient (Wildman–Crippen LogP) is 4.54. The summed E-state index contributed by atoms with van der Waals surface area (Å²) in [6.45, 7) is 1.96. The number of sulfonamides is 1. The molecule has 4 rings (SSSR count). The van der Waals surface area contributed by atoms with E-state index >= 15 is 0 Å². The van der Waals surface area contributed by atoms with Gasteiger partial charge in [-0.3, -0.25) is 4.72 Å². The van der Waals surface area contributed by atoms with E-state index in [1.165, 1.54) is 0 Å². The molecule has 8 heteroatoms. The smallest absolute Gasteiger partial charge is 0.272 e. The normalized spacial score (nSPS) is 11.4. The molecule has 0 spiro atoms. The van der Waals surface area contributed by atoms with Crippen LogP contribution in [0.2, 0.25) is 0 Å². The minimum atomic E-state index is -3.74. The summed E-state index contributed by atoms with van der Waals surface area (Å²) >= 11 is 1.15. The monoisotopic (exact) mass is 396 g/mol. The van der Waals surface area contributed by atoms with Gasteiger partial charge in [-0.05, 0) is 42.1 Å². The number of fused-ring (bicyclic) bond motifs is 1. The molecule has 0 saturated carbocycles. The number of thiophene rings is 1. The zero-order valence-electron chi connectivity index (χ0n) is 14.4. The van der Waals surface area contributed by atoms with Crippen molar-refractivity contribution in [1.29, 1.82) is 0 Å². The van der Waals surface area contributed by atoms with Crippen LogP contribution in [0.4, 0.5) is 17.3 Å². The maximum Gasteiger partial charge on any atom is 0.272 e. The molecule has 0 radical (unpaired) electrons. The van der Waals surface area contributed by atoms with Crippen LogP contribution in [0, 0.1) is 6.92 Å². The van der Waals surface area contributed by atoms with E-state index in [1.807, 2.05) is 49.4 Å². The quantitative estimate of drug-likeness (QED) is 0.517. The SMILES string of the molecule is Cc1ccccc1Nc1nc2ccccc2nc1NS(=O)(=O)c1cccs1. The second-order valence-electron chi connectivity index (χ2n) is 5.89. The fourth-order valence-electron chi connectivity index (χ4n) is 2.59. The summed E-state index contributed by atoms with van der Waals surface area (Å²) in [5.74, 6) is 0.508. The van der Waals surface area contributed by atoms with Crippen molar-refractivity contribution in [2.24, 2.45) is 0 Å². The molecule has 136 valence electrons. The number of benzene rings is 2. The van der Waals surface area contributed by atoms with Crippen molar-refractivity contribution < 1.29 is 8.42 Å². The van der Waals surface area contributed by atoms with Gasteiger partial charge < -0.3 is 5.32 Å². The van der Waals surface area contributed by atoms with E-state index in [1.54, 1.807) is 23.6 Å². The van der Waals surface area contributed by atoms with Gasteiger partial charge in [0, 0.05) is 5.69 Å². The highest BCUT2D eigenvalue weighted by atomic mass is 32.2. The summed E-state index contributed by atoms with van der Waals surface area (Å²) in [6.07, 6.45) is 0. The second kappa shape index (κ2) is 6.98. The standard InChI is InChI=1S/C19H16N4O2S2/c1-13-7-2-3-8-14(13)20-18-19(22-16-10-5-4-9-15(16)21-18)23-27(24,25)17-11-6-12-26-17/h2-12H,1H3,(H,20,21)(H,22,23). The molecule has 0 fully saturated rings. The molecule has 0 saturated heterocycles. The minimum absolute atomic E-state index is 0.158. The van der Waals surface area contributed by atoms with Crippen LogP contribution in [0.1, 0.15) is 5.56 Å². The average molecular weight is 396 g/mol. The molecule has 2 aromatic carbocycles. The Morgan fingerprint density at radius 2 is 1.52 bits per heavy atom. The lowest BCUT2D eigenvalue weighted by Crippen LogP contribution is -2.15. The summed E-state index contributed by atoms with van der Waals surface area (Å²) in [7, 11) is -3.74. The molecule has 4 aromatic rings. The molecule has 0 aliphatic carbocycles. The van der Waals surface area contributed by atoms with Crippen molar-refractivity contribution >= 4 is 49.7 Å². The Kier molecular flexibility index (Phi) is 4.51. The molecule has 0 amide bonds. The van der Waals surface area contributed by atoms with Crippen LogP contribution in [0.25, 0.3) is 11.0 Å². The summed E-state index contributed by atoms with van der Waals surface area (Å²) in [5, 5.41) is 4.92. The fraction of sp³-hybridized carbons (Fsp3) is 0.0526.